The zero-order valence-electron chi connectivity index (χ0n) is 23.8. The van der Waals surface area contributed by atoms with Crippen molar-refractivity contribution in [1.82, 2.24) is 4.90 Å². The number of hydrogen-bond acceptors (Lipinski definition) is 4. The molecule has 0 saturated heterocycles. The van der Waals surface area contributed by atoms with Crippen molar-refractivity contribution in [2.75, 3.05) is 19.6 Å². The zero-order chi connectivity index (χ0) is 36.5. The van der Waals surface area contributed by atoms with Crippen LogP contribution in [0.1, 0.15) is 37.5 Å². The highest BCUT2D eigenvalue weighted by atomic mass is 19.2. The van der Waals surface area contributed by atoms with Gasteiger partial charge in [-0.05, 0) is 25.2 Å². The lowest BCUT2D eigenvalue weighted by atomic mass is 9.75. The summed E-state index contributed by atoms with van der Waals surface area (Å²) in [5, 5.41) is 18.7. The number of benzene rings is 3. The first kappa shape index (κ1) is 39.4. The second-order valence-corrected chi connectivity index (χ2v) is 9.06. The summed E-state index contributed by atoms with van der Waals surface area (Å²) in [6.07, 6.45) is 0. The molecule has 4 nitrogen and oxygen atoms in total. The first-order valence-corrected chi connectivity index (χ1v) is 12.7. The summed E-state index contributed by atoms with van der Waals surface area (Å²) in [5.74, 6) is -46.9. The van der Waals surface area contributed by atoms with Gasteiger partial charge in [0.15, 0.2) is 69.8 Å². The first-order chi connectivity index (χ1) is 21.7. The predicted molar refractivity (Wildman–Crippen MR) is 133 cm³/mol. The molecular weight excluding hydrogens is 682 g/mol. The molecule has 0 bridgehead atoms. The molecule has 20 heteroatoms. The topological polar surface area (TPSA) is 52.9 Å². The predicted octanol–water partition coefficient (Wildman–Crippen LogP) is 7.06. The first-order valence-electron chi connectivity index (χ1n) is 12.7. The molecule has 0 fully saturated rings. The highest BCUT2D eigenvalue weighted by Crippen LogP contribution is 2.51. The van der Waals surface area contributed by atoms with Crippen LogP contribution in [0.4, 0.5) is 65.9 Å². The Bertz CT molecular complexity index is 1540. The van der Waals surface area contributed by atoms with E-state index < -0.39 is 122 Å². The van der Waals surface area contributed by atoms with Gasteiger partial charge in [0.1, 0.15) is 5.60 Å². The summed E-state index contributed by atoms with van der Waals surface area (Å²) in [7, 11) is -3.87. The van der Waals surface area contributed by atoms with E-state index in [9.17, 15) is 75.9 Å². The van der Waals surface area contributed by atoms with Crippen LogP contribution in [0.5, 0.6) is 0 Å². The molecule has 0 saturated carbocycles. The third-order valence-corrected chi connectivity index (χ3v) is 6.68. The molecule has 0 spiro atoms. The fourth-order valence-electron chi connectivity index (χ4n) is 4.32. The normalized spacial score (nSPS) is 11.6. The zero-order valence-corrected chi connectivity index (χ0v) is 23.8. The minimum Gasteiger partial charge on any atom is -0.402 e. The van der Waals surface area contributed by atoms with Gasteiger partial charge < -0.3 is 19.6 Å². The Morgan fingerprint density at radius 2 is 0.745 bits per heavy atom. The van der Waals surface area contributed by atoms with Crippen LogP contribution in [0.2, 0.25) is 0 Å². The Kier molecular flexibility index (Phi) is 12.6. The SMILES string of the molecule is C=C(c1c(F)c(F)c(F)c(F)c1F)C(OB(O)O)(c1c(F)c(F)c(F)c(F)c1F)c1c(F)c(F)c(F)c(F)c1F.CCN(CC)CC. The molecule has 2 N–H and O–H groups in total. The van der Waals surface area contributed by atoms with Crippen LogP contribution in [-0.4, -0.2) is 41.9 Å². The van der Waals surface area contributed by atoms with Crippen molar-refractivity contribution in [2.45, 2.75) is 26.4 Å². The van der Waals surface area contributed by atoms with Gasteiger partial charge in [-0.3, -0.25) is 0 Å². The van der Waals surface area contributed by atoms with Crippen LogP contribution in [-0.2, 0) is 10.3 Å². The summed E-state index contributed by atoms with van der Waals surface area (Å²) in [5.41, 5.74) is -16.3. The van der Waals surface area contributed by atoms with Crippen molar-refractivity contribution in [3.05, 3.63) is 111 Å². The van der Waals surface area contributed by atoms with Gasteiger partial charge in [0.25, 0.3) is 0 Å². The van der Waals surface area contributed by atoms with Crippen LogP contribution in [0, 0.1) is 87.3 Å². The summed E-state index contributed by atoms with van der Waals surface area (Å²) in [6.45, 7) is 12.7. The number of hydrogen-bond donors (Lipinski definition) is 2. The van der Waals surface area contributed by atoms with Gasteiger partial charge in [-0.15, -0.1) is 0 Å². The lowest BCUT2D eigenvalue weighted by molar-refractivity contribution is 0.0794. The molecule has 0 atom stereocenters. The van der Waals surface area contributed by atoms with Crippen molar-refractivity contribution in [3.8, 4) is 0 Å². The molecule has 0 radical (unpaired) electrons. The maximum Gasteiger partial charge on any atom is 0.635 e. The van der Waals surface area contributed by atoms with Gasteiger partial charge in [-0.1, -0.05) is 27.4 Å². The third kappa shape index (κ3) is 6.68. The monoisotopic (exact) mass is 701 g/mol. The van der Waals surface area contributed by atoms with E-state index >= 15 is 0 Å². The van der Waals surface area contributed by atoms with Gasteiger partial charge in [0.05, 0.1) is 16.7 Å². The molecule has 3 rings (SSSR count). The van der Waals surface area contributed by atoms with Crippen molar-refractivity contribution >= 4 is 12.9 Å². The molecule has 258 valence electrons. The Morgan fingerprint density at radius 1 is 0.511 bits per heavy atom. The van der Waals surface area contributed by atoms with Gasteiger partial charge in [-0.25, -0.2) is 65.9 Å². The van der Waals surface area contributed by atoms with E-state index in [0.717, 1.165) is 0 Å². The van der Waals surface area contributed by atoms with Crippen LogP contribution >= 0.6 is 0 Å². The minimum absolute atomic E-state index is 1.19. The highest BCUT2D eigenvalue weighted by molar-refractivity contribution is 6.33. The van der Waals surface area contributed by atoms with E-state index in [2.05, 4.69) is 36.9 Å². The molecule has 0 amide bonds. The largest absolute Gasteiger partial charge is 0.635 e. The Morgan fingerprint density at radius 3 is 0.957 bits per heavy atom. The second kappa shape index (κ2) is 15.0. The molecule has 0 heterocycles. The van der Waals surface area contributed by atoms with Crippen LogP contribution < -0.4 is 0 Å². The second-order valence-electron chi connectivity index (χ2n) is 9.06. The van der Waals surface area contributed by atoms with Crippen molar-refractivity contribution < 1.29 is 80.6 Å². The smallest absolute Gasteiger partial charge is 0.402 e. The van der Waals surface area contributed by atoms with Gasteiger partial charge in [-0.2, -0.15) is 0 Å². The lowest BCUT2D eigenvalue weighted by Crippen LogP contribution is -2.43. The minimum atomic E-state index is -5.08. The molecular formula is C27H19BF15NO3. The Balaban J connectivity index is 0.000000984. The van der Waals surface area contributed by atoms with Gasteiger partial charge in [0.2, 0.25) is 17.5 Å². The van der Waals surface area contributed by atoms with Crippen LogP contribution in [0.3, 0.4) is 0 Å². The van der Waals surface area contributed by atoms with E-state index in [1.807, 2.05) is 0 Å². The fourth-order valence-corrected chi connectivity index (χ4v) is 4.32. The average molecular weight is 701 g/mol. The standard InChI is InChI=1S/C21H4BF15O3.C6H15N/c1-2(3-6(23)12(29)18(35)13(30)7(3)24)21(40-22(38)39,4-8(25)14(31)19(36)15(32)9(4)26)5-10(27)16(33)20(37)17(34)11(5)28;1-4-7(5-2)6-3/h38-39H,1H2;4-6H2,1-3H3. The summed E-state index contributed by atoms with van der Waals surface area (Å²) < 4.78 is 219. The summed E-state index contributed by atoms with van der Waals surface area (Å²) in [4.78, 5) is 2.38. The molecule has 0 aliphatic carbocycles. The van der Waals surface area contributed by atoms with Crippen LogP contribution in [0.25, 0.3) is 5.57 Å². The maximum atomic E-state index is 15.0. The van der Waals surface area contributed by atoms with Crippen LogP contribution in [0.15, 0.2) is 6.58 Å². The van der Waals surface area contributed by atoms with E-state index in [1.54, 1.807) is 0 Å². The summed E-state index contributed by atoms with van der Waals surface area (Å²) in [6, 6.07) is 0. The highest BCUT2D eigenvalue weighted by Gasteiger charge is 2.54. The third-order valence-electron chi connectivity index (χ3n) is 6.68. The summed E-state index contributed by atoms with van der Waals surface area (Å²) >= 11 is 0. The number of halogens is 15. The van der Waals surface area contributed by atoms with E-state index in [0.29, 0.717) is 0 Å². The molecule has 3 aromatic carbocycles. The molecule has 0 aromatic heterocycles. The number of rotatable bonds is 9. The van der Waals surface area contributed by atoms with Gasteiger partial charge in [0, 0.05) is 0 Å². The fraction of sp³-hybridized carbons (Fsp3) is 0.259. The van der Waals surface area contributed by atoms with Crippen molar-refractivity contribution in [1.29, 1.82) is 0 Å². The average Bonchev–Trinajstić information content (AvgIpc) is 3.03. The molecule has 0 aliphatic rings. The van der Waals surface area contributed by atoms with E-state index in [4.69, 9.17) is 0 Å². The Hall–Kier alpha value is -3.75. The molecule has 0 aliphatic heterocycles. The molecule has 0 unspecified atom stereocenters. The maximum absolute atomic E-state index is 15.0. The molecule has 3 aromatic rings. The van der Waals surface area contributed by atoms with Crippen molar-refractivity contribution in [3.63, 3.8) is 0 Å². The van der Waals surface area contributed by atoms with E-state index in [-0.39, 0.29) is 0 Å². The van der Waals surface area contributed by atoms with Crippen molar-refractivity contribution in [2.24, 2.45) is 0 Å². The van der Waals surface area contributed by atoms with E-state index in [1.165, 1.54) is 19.6 Å². The quantitative estimate of drug-likeness (QED) is 0.109. The number of nitrogens with zero attached hydrogens (tertiary/aromatic N) is 1. The Labute approximate surface area is 255 Å². The lowest BCUT2D eigenvalue weighted by Gasteiger charge is -2.38. The molecule has 47 heavy (non-hydrogen) atoms. The van der Waals surface area contributed by atoms with Gasteiger partial charge >= 0.3 is 7.32 Å².